The summed E-state index contributed by atoms with van der Waals surface area (Å²) >= 11 is 0. The molecule has 0 bridgehead atoms. The Morgan fingerprint density at radius 3 is 3.10 bits per heavy atom. The van der Waals surface area contributed by atoms with E-state index in [-0.39, 0.29) is 6.61 Å². The summed E-state index contributed by atoms with van der Waals surface area (Å²) in [6.07, 6.45) is 3.94. The van der Waals surface area contributed by atoms with Gasteiger partial charge >= 0.3 is 6.09 Å². The summed E-state index contributed by atoms with van der Waals surface area (Å²) in [4.78, 5) is 10.1. The minimum atomic E-state index is -0.815. The Balaban J connectivity index is 2.47. The van der Waals surface area contributed by atoms with Gasteiger partial charge in [0.15, 0.2) is 0 Å². The smallest absolute Gasteiger partial charge is 0.409 e. The van der Waals surface area contributed by atoms with Crippen molar-refractivity contribution in [3.8, 4) is 0 Å². The van der Waals surface area contributed by atoms with Crippen molar-refractivity contribution >= 4 is 6.09 Å². The number of nitrogens with two attached hydrogens (primary N) is 1. The molecule has 0 fully saturated rings. The first-order chi connectivity index (χ1) is 4.79. The number of carbonyl (C=O) groups excluding carboxylic acids is 1. The van der Waals surface area contributed by atoms with E-state index in [0.717, 1.165) is 0 Å². The Morgan fingerprint density at radius 2 is 2.60 bits per heavy atom. The van der Waals surface area contributed by atoms with Crippen molar-refractivity contribution in [2.75, 3.05) is 6.61 Å². The second kappa shape index (κ2) is 2.91. The van der Waals surface area contributed by atoms with Crippen molar-refractivity contribution in [2.45, 2.75) is 0 Å². The fourth-order valence-electron chi connectivity index (χ4n) is 0.573. The molecule has 54 valence electrons. The van der Waals surface area contributed by atoms with Crippen molar-refractivity contribution in [1.29, 1.82) is 0 Å². The summed E-state index contributed by atoms with van der Waals surface area (Å²) in [5.41, 5.74) is 4.74. The second-order valence-corrected chi connectivity index (χ2v) is 1.69. The van der Waals surface area contributed by atoms with E-state index in [2.05, 4.69) is 4.74 Å². The average molecular weight is 141 g/mol. The number of amides is 1. The van der Waals surface area contributed by atoms with Crippen LogP contribution in [0.1, 0.15) is 0 Å². The fourth-order valence-corrected chi connectivity index (χ4v) is 0.573. The molecule has 0 radical (unpaired) electrons. The third kappa shape index (κ3) is 1.81. The lowest BCUT2D eigenvalue weighted by molar-refractivity contribution is 0.158. The van der Waals surface area contributed by atoms with Crippen LogP contribution in [-0.2, 0) is 9.47 Å². The molecule has 0 unspecified atom stereocenters. The first kappa shape index (κ1) is 6.67. The van der Waals surface area contributed by atoms with Crippen molar-refractivity contribution < 1.29 is 14.3 Å². The molecule has 0 aromatic rings. The van der Waals surface area contributed by atoms with Crippen molar-refractivity contribution in [3.63, 3.8) is 0 Å². The molecule has 0 spiro atoms. The SMILES string of the molecule is NC(=O)OC1=CC=COC1. The topological polar surface area (TPSA) is 61.6 Å². The molecule has 1 amide bonds. The van der Waals surface area contributed by atoms with Gasteiger partial charge in [-0.25, -0.2) is 4.79 Å². The molecule has 1 rings (SSSR count). The third-order valence-electron chi connectivity index (χ3n) is 0.914. The van der Waals surface area contributed by atoms with Gasteiger partial charge in [-0.2, -0.15) is 0 Å². The zero-order valence-electron chi connectivity index (χ0n) is 5.24. The van der Waals surface area contributed by atoms with E-state index >= 15 is 0 Å². The molecule has 1 heterocycles. The van der Waals surface area contributed by atoms with E-state index in [0.29, 0.717) is 5.76 Å². The highest BCUT2D eigenvalue weighted by atomic mass is 16.6. The summed E-state index contributed by atoms with van der Waals surface area (Å²) in [5.74, 6) is 0.426. The Kier molecular flexibility index (Phi) is 1.94. The van der Waals surface area contributed by atoms with E-state index < -0.39 is 6.09 Å². The largest absolute Gasteiger partial charge is 0.493 e. The van der Waals surface area contributed by atoms with Gasteiger partial charge in [0.25, 0.3) is 0 Å². The number of hydrogen-bond acceptors (Lipinski definition) is 3. The molecule has 0 aliphatic carbocycles. The highest BCUT2D eigenvalue weighted by Gasteiger charge is 2.03. The van der Waals surface area contributed by atoms with Gasteiger partial charge in [-0.3, -0.25) is 0 Å². The standard InChI is InChI=1S/C6H7NO3/c7-6(8)10-5-2-1-3-9-4-5/h1-3H,4H2,(H2,7,8). The normalized spacial score (nSPS) is 15.4. The summed E-state index contributed by atoms with van der Waals surface area (Å²) in [6, 6.07) is 0. The summed E-state index contributed by atoms with van der Waals surface area (Å²) in [7, 11) is 0. The molecule has 4 nitrogen and oxygen atoms in total. The minimum Gasteiger partial charge on any atom is -0.493 e. The summed E-state index contributed by atoms with van der Waals surface area (Å²) in [6.45, 7) is 0.263. The number of primary amides is 1. The molecule has 0 aromatic heterocycles. The third-order valence-corrected chi connectivity index (χ3v) is 0.914. The van der Waals surface area contributed by atoms with Crippen LogP contribution in [0.3, 0.4) is 0 Å². The second-order valence-electron chi connectivity index (χ2n) is 1.69. The Labute approximate surface area is 57.9 Å². The van der Waals surface area contributed by atoms with Crippen molar-refractivity contribution in [2.24, 2.45) is 5.73 Å². The van der Waals surface area contributed by atoms with Crippen LogP contribution in [-0.4, -0.2) is 12.7 Å². The number of allylic oxidation sites excluding steroid dienone is 2. The van der Waals surface area contributed by atoms with Gasteiger partial charge in [0.1, 0.15) is 12.4 Å². The minimum absolute atomic E-state index is 0.263. The molecule has 1 aliphatic rings. The van der Waals surface area contributed by atoms with Crippen LogP contribution < -0.4 is 5.73 Å². The first-order valence-electron chi connectivity index (χ1n) is 2.73. The number of rotatable bonds is 1. The van der Waals surface area contributed by atoms with E-state index in [1.54, 1.807) is 12.2 Å². The zero-order chi connectivity index (χ0) is 7.40. The zero-order valence-corrected chi connectivity index (χ0v) is 5.24. The molecule has 0 saturated heterocycles. The van der Waals surface area contributed by atoms with Gasteiger partial charge < -0.3 is 15.2 Å². The predicted octanol–water partition coefficient (Wildman–Crippen LogP) is 0.510. The van der Waals surface area contributed by atoms with Crippen LogP contribution in [0.2, 0.25) is 0 Å². The van der Waals surface area contributed by atoms with Gasteiger partial charge in [0, 0.05) is 0 Å². The number of ether oxygens (including phenoxy) is 2. The summed E-state index contributed by atoms with van der Waals surface area (Å²) < 4.78 is 9.32. The molecule has 4 heteroatoms. The predicted molar refractivity (Wildman–Crippen MR) is 33.8 cm³/mol. The van der Waals surface area contributed by atoms with Crippen LogP contribution in [0.25, 0.3) is 0 Å². The molecule has 0 atom stereocenters. The maximum atomic E-state index is 10.1. The maximum Gasteiger partial charge on any atom is 0.409 e. The lowest BCUT2D eigenvalue weighted by Crippen LogP contribution is -2.15. The van der Waals surface area contributed by atoms with Crippen LogP contribution in [0, 0.1) is 0 Å². The van der Waals surface area contributed by atoms with Crippen LogP contribution in [0.15, 0.2) is 24.2 Å². The Morgan fingerprint density at radius 1 is 1.80 bits per heavy atom. The molecule has 0 saturated carbocycles. The fraction of sp³-hybridized carbons (Fsp3) is 0.167. The van der Waals surface area contributed by atoms with E-state index in [4.69, 9.17) is 10.5 Å². The van der Waals surface area contributed by atoms with E-state index in [9.17, 15) is 4.79 Å². The van der Waals surface area contributed by atoms with Gasteiger partial charge in [-0.05, 0) is 12.2 Å². The molecular weight excluding hydrogens is 134 g/mol. The van der Waals surface area contributed by atoms with Gasteiger partial charge in [0.05, 0.1) is 6.26 Å². The van der Waals surface area contributed by atoms with Crippen molar-refractivity contribution in [1.82, 2.24) is 0 Å². The Hall–Kier alpha value is -1.45. The first-order valence-corrected chi connectivity index (χ1v) is 2.73. The van der Waals surface area contributed by atoms with Crippen LogP contribution >= 0.6 is 0 Å². The lowest BCUT2D eigenvalue weighted by atomic mass is 10.4. The maximum absolute atomic E-state index is 10.1. The van der Waals surface area contributed by atoms with Crippen LogP contribution in [0.5, 0.6) is 0 Å². The summed E-state index contributed by atoms with van der Waals surface area (Å²) in [5, 5.41) is 0. The highest BCUT2D eigenvalue weighted by Crippen LogP contribution is 2.03. The molecular formula is C6H7NO3. The van der Waals surface area contributed by atoms with E-state index in [1.807, 2.05) is 0 Å². The number of hydrogen-bond donors (Lipinski definition) is 1. The van der Waals surface area contributed by atoms with Crippen molar-refractivity contribution in [3.05, 3.63) is 24.2 Å². The molecule has 1 aliphatic heterocycles. The van der Waals surface area contributed by atoms with Gasteiger partial charge in [-0.15, -0.1) is 0 Å². The van der Waals surface area contributed by atoms with Gasteiger partial charge in [-0.1, -0.05) is 0 Å². The molecule has 10 heavy (non-hydrogen) atoms. The lowest BCUT2D eigenvalue weighted by Gasteiger charge is -2.07. The monoisotopic (exact) mass is 141 g/mol. The number of carbonyl (C=O) groups is 1. The average Bonchev–Trinajstić information content (AvgIpc) is 1.88. The van der Waals surface area contributed by atoms with Crippen LogP contribution in [0.4, 0.5) is 4.79 Å². The van der Waals surface area contributed by atoms with E-state index in [1.165, 1.54) is 6.26 Å². The Bertz CT molecular complexity index is 195. The quantitative estimate of drug-likeness (QED) is 0.578. The molecule has 2 N–H and O–H groups in total. The van der Waals surface area contributed by atoms with Gasteiger partial charge in [0.2, 0.25) is 0 Å². The highest BCUT2D eigenvalue weighted by molar-refractivity contribution is 5.66. The molecule has 0 aromatic carbocycles.